The summed E-state index contributed by atoms with van der Waals surface area (Å²) >= 11 is 0. The molecule has 13 heavy (non-hydrogen) atoms. The maximum Gasteiger partial charge on any atom is 0.141 e. The molecule has 4 aliphatic rings. The molecule has 3 nitrogen and oxygen atoms in total. The summed E-state index contributed by atoms with van der Waals surface area (Å²) in [6.45, 7) is 0. The van der Waals surface area contributed by atoms with Gasteiger partial charge in [-0.1, -0.05) is 0 Å². The Balaban J connectivity index is 2.04. The fourth-order valence-corrected chi connectivity index (χ4v) is 3.35. The van der Waals surface area contributed by atoms with Gasteiger partial charge in [-0.25, -0.2) is 0 Å². The minimum Gasteiger partial charge on any atom is -0.392 e. The molecule has 4 rings (SSSR count). The van der Waals surface area contributed by atoms with Crippen LogP contribution in [-0.2, 0) is 9.59 Å². The molecular formula is C10H12O3. The van der Waals surface area contributed by atoms with E-state index in [4.69, 9.17) is 0 Å². The first-order valence-electron chi connectivity index (χ1n) is 4.94. The van der Waals surface area contributed by atoms with Gasteiger partial charge < -0.3 is 5.11 Å². The summed E-state index contributed by atoms with van der Waals surface area (Å²) in [6, 6.07) is 0. The van der Waals surface area contributed by atoms with Crippen molar-refractivity contribution in [1.82, 2.24) is 0 Å². The Morgan fingerprint density at radius 3 is 1.85 bits per heavy atom. The quantitative estimate of drug-likeness (QED) is 0.577. The molecule has 0 aliphatic heterocycles. The van der Waals surface area contributed by atoms with Crippen molar-refractivity contribution < 1.29 is 14.7 Å². The van der Waals surface area contributed by atoms with Gasteiger partial charge in [0.2, 0.25) is 0 Å². The van der Waals surface area contributed by atoms with E-state index in [1.54, 1.807) is 0 Å². The first kappa shape index (κ1) is 7.68. The molecule has 4 fully saturated rings. The number of hydrogen-bond donors (Lipinski definition) is 1. The molecule has 1 N–H and O–H groups in total. The van der Waals surface area contributed by atoms with Crippen LogP contribution < -0.4 is 0 Å². The monoisotopic (exact) mass is 180 g/mol. The number of aliphatic hydroxyl groups excluding tert-OH is 1. The van der Waals surface area contributed by atoms with Crippen molar-refractivity contribution in [1.29, 1.82) is 0 Å². The van der Waals surface area contributed by atoms with E-state index in [0.29, 0.717) is 12.8 Å². The molecule has 0 aromatic rings. The lowest BCUT2D eigenvalue weighted by Gasteiger charge is -2.49. The van der Waals surface area contributed by atoms with E-state index in [1.165, 1.54) is 0 Å². The highest BCUT2D eigenvalue weighted by Crippen LogP contribution is 2.49. The molecule has 0 aromatic carbocycles. The lowest BCUT2D eigenvalue weighted by atomic mass is 9.54. The molecule has 0 saturated heterocycles. The van der Waals surface area contributed by atoms with Gasteiger partial charge in [0, 0.05) is 23.7 Å². The largest absolute Gasteiger partial charge is 0.392 e. The third-order valence-electron chi connectivity index (χ3n) is 4.01. The molecule has 4 unspecified atom stereocenters. The first-order valence-corrected chi connectivity index (χ1v) is 4.94. The number of ketones is 2. The Labute approximate surface area is 76.1 Å². The average molecular weight is 180 g/mol. The van der Waals surface area contributed by atoms with Crippen LogP contribution >= 0.6 is 0 Å². The zero-order valence-corrected chi connectivity index (χ0v) is 7.27. The second-order valence-electron chi connectivity index (χ2n) is 4.61. The number of Topliss-reactive ketones (excluding diaryl/α,β-unsaturated/α-hetero) is 2. The van der Waals surface area contributed by atoms with E-state index in [-0.39, 0.29) is 35.2 Å². The molecular weight excluding hydrogens is 168 g/mol. The van der Waals surface area contributed by atoms with Gasteiger partial charge in [0.25, 0.3) is 0 Å². The molecule has 0 amide bonds. The van der Waals surface area contributed by atoms with Crippen LogP contribution in [0.15, 0.2) is 0 Å². The minimum absolute atomic E-state index is 0.0925. The third kappa shape index (κ3) is 0.784. The lowest BCUT2D eigenvalue weighted by molar-refractivity contribution is -0.164. The highest BCUT2D eigenvalue weighted by molar-refractivity contribution is 5.96. The zero-order valence-electron chi connectivity index (χ0n) is 7.27. The summed E-state index contributed by atoms with van der Waals surface area (Å²) in [4.78, 5) is 23.2. The second-order valence-corrected chi connectivity index (χ2v) is 4.61. The van der Waals surface area contributed by atoms with Gasteiger partial charge in [-0.15, -0.1) is 0 Å². The van der Waals surface area contributed by atoms with E-state index in [1.807, 2.05) is 0 Å². The Hall–Kier alpha value is -0.700. The normalized spacial score (nSPS) is 53.2. The maximum atomic E-state index is 11.6. The van der Waals surface area contributed by atoms with Crippen LogP contribution in [-0.4, -0.2) is 22.8 Å². The Bertz CT molecular complexity index is 269. The standard InChI is InChI=1S/C10H12O3/c11-8-4-1-5-3-7(8)10(13)6(2-4)9(5)12/h4-7,10,13H,1-3H2. The van der Waals surface area contributed by atoms with Gasteiger partial charge in [0.1, 0.15) is 11.6 Å². The number of rotatable bonds is 0. The summed E-state index contributed by atoms with van der Waals surface area (Å²) in [5.41, 5.74) is 0. The number of carbonyl (C=O) groups excluding carboxylic acids is 2. The second kappa shape index (κ2) is 2.21. The fourth-order valence-electron chi connectivity index (χ4n) is 3.35. The molecule has 3 heteroatoms. The van der Waals surface area contributed by atoms with Crippen molar-refractivity contribution in [2.45, 2.75) is 25.4 Å². The van der Waals surface area contributed by atoms with Gasteiger partial charge in [0.15, 0.2) is 0 Å². The van der Waals surface area contributed by atoms with Crippen LogP contribution in [0.25, 0.3) is 0 Å². The zero-order chi connectivity index (χ0) is 9.16. The van der Waals surface area contributed by atoms with Crippen LogP contribution in [0.5, 0.6) is 0 Å². The maximum absolute atomic E-state index is 11.6. The van der Waals surface area contributed by atoms with Crippen LogP contribution in [0.3, 0.4) is 0 Å². The summed E-state index contributed by atoms with van der Waals surface area (Å²) < 4.78 is 0. The Morgan fingerprint density at radius 2 is 1.38 bits per heavy atom. The van der Waals surface area contributed by atoms with Crippen molar-refractivity contribution in [3.05, 3.63) is 0 Å². The number of hydrogen-bond acceptors (Lipinski definition) is 3. The molecule has 0 radical (unpaired) electrons. The summed E-state index contributed by atoms with van der Waals surface area (Å²) in [5.74, 6) is 0.199. The van der Waals surface area contributed by atoms with E-state index in [0.717, 1.165) is 6.42 Å². The molecule has 0 spiro atoms. The van der Waals surface area contributed by atoms with E-state index < -0.39 is 6.10 Å². The third-order valence-corrected chi connectivity index (χ3v) is 4.01. The highest BCUT2D eigenvalue weighted by atomic mass is 16.3. The molecule has 4 atom stereocenters. The minimum atomic E-state index is -0.659. The number of aliphatic hydroxyl groups is 1. The number of carbonyl (C=O) groups is 2. The van der Waals surface area contributed by atoms with Gasteiger partial charge in [-0.05, 0) is 19.3 Å². The average Bonchev–Trinajstić information content (AvgIpc) is 2.10. The Kier molecular flexibility index (Phi) is 1.30. The highest BCUT2D eigenvalue weighted by Gasteiger charge is 2.56. The van der Waals surface area contributed by atoms with Crippen molar-refractivity contribution in [2.24, 2.45) is 23.7 Å². The predicted molar refractivity (Wildman–Crippen MR) is 43.8 cm³/mol. The SMILES string of the molecule is O=C1C2CC3CC1C(O)C(C2)C3=O. The van der Waals surface area contributed by atoms with Gasteiger partial charge in [-0.3, -0.25) is 9.59 Å². The van der Waals surface area contributed by atoms with Crippen molar-refractivity contribution in [3.8, 4) is 0 Å². The molecule has 4 aliphatic carbocycles. The topological polar surface area (TPSA) is 54.4 Å². The fraction of sp³-hybridized carbons (Fsp3) is 0.800. The van der Waals surface area contributed by atoms with Crippen molar-refractivity contribution >= 4 is 11.6 Å². The van der Waals surface area contributed by atoms with Gasteiger partial charge in [0.05, 0.1) is 6.10 Å². The van der Waals surface area contributed by atoms with E-state index in [9.17, 15) is 14.7 Å². The lowest BCUT2D eigenvalue weighted by Crippen LogP contribution is -2.58. The summed E-state index contributed by atoms with van der Waals surface area (Å²) in [6.07, 6.45) is 1.34. The molecule has 4 bridgehead atoms. The molecule has 70 valence electrons. The van der Waals surface area contributed by atoms with E-state index in [2.05, 4.69) is 0 Å². The van der Waals surface area contributed by atoms with Gasteiger partial charge >= 0.3 is 0 Å². The van der Waals surface area contributed by atoms with Crippen LogP contribution in [0.1, 0.15) is 19.3 Å². The first-order chi connectivity index (χ1) is 6.18. The van der Waals surface area contributed by atoms with Crippen LogP contribution in [0.2, 0.25) is 0 Å². The van der Waals surface area contributed by atoms with Crippen LogP contribution in [0.4, 0.5) is 0 Å². The van der Waals surface area contributed by atoms with E-state index >= 15 is 0 Å². The molecule has 0 aromatic heterocycles. The summed E-state index contributed by atoms with van der Waals surface area (Å²) in [5, 5.41) is 9.73. The summed E-state index contributed by atoms with van der Waals surface area (Å²) in [7, 11) is 0. The smallest absolute Gasteiger partial charge is 0.141 e. The van der Waals surface area contributed by atoms with Gasteiger partial charge in [-0.2, -0.15) is 0 Å². The molecule has 4 saturated carbocycles. The predicted octanol–water partition coefficient (Wildman–Crippen LogP) is 0.161. The van der Waals surface area contributed by atoms with Crippen molar-refractivity contribution in [3.63, 3.8) is 0 Å². The Morgan fingerprint density at radius 1 is 0.923 bits per heavy atom. The van der Waals surface area contributed by atoms with Crippen LogP contribution in [0, 0.1) is 23.7 Å². The van der Waals surface area contributed by atoms with Crippen molar-refractivity contribution in [2.75, 3.05) is 0 Å². The molecule has 0 heterocycles.